The van der Waals surface area contributed by atoms with Crippen molar-refractivity contribution < 1.29 is 32.2 Å². The minimum Gasteiger partial charge on any atom is -0.506 e. The van der Waals surface area contributed by atoms with Crippen LogP contribution in [0.5, 0.6) is 5.75 Å². The summed E-state index contributed by atoms with van der Waals surface area (Å²) < 4.78 is 44.4. The van der Waals surface area contributed by atoms with Crippen molar-refractivity contribution in [2.45, 2.75) is 13.0 Å². The van der Waals surface area contributed by atoms with Crippen molar-refractivity contribution in [2.24, 2.45) is 0 Å². The maximum Gasteiger partial charge on any atom is 0.255 e. The number of benzene rings is 2. The number of halogens is 1. The van der Waals surface area contributed by atoms with Gasteiger partial charge in [0, 0.05) is 24.1 Å². The number of nitrogens with one attached hydrogen (secondary N) is 1. The summed E-state index contributed by atoms with van der Waals surface area (Å²) in [6, 6.07) is 7.83. The van der Waals surface area contributed by atoms with Crippen molar-refractivity contribution in [1.82, 2.24) is 5.32 Å². The fourth-order valence-corrected chi connectivity index (χ4v) is 4.12. The summed E-state index contributed by atoms with van der Waals surface area (Å²) in [6.07, 6.45) is -0.0521. The molecule has 0 radical (unpaired) electrons. The zero-order valence-corrected chi connectivity index (χ0v) is 17.3. The van der Waals surface area contributed by atoms with Gasteiger partial charge in [0.15, 0.2) is 0 Å². The zero-order chi connectivity index (χ0) is 22.2. The van der Waals surface area contributed by atoms with E-state index in [1.807, 2.05) is 0 Å². The number of amides is 1. The van der Waals surface area contributed by atoms with E-state index in [1.54, 1.807) is 0 Å². The predicted molar refractivity (Wildman–Crippen MR) is 111 cm³/mol. The van der Waals surface area contributed by atoms with Gasteiger partial charge in [-0.25, -0.2) is 12.8 Å². The molecular formula is C20H21FN2O6S. The summed E-state index contributed by atoms with van der Waals surface area (Å²) in [5, 5.41) is 23.0. The molecule has 0 bridgehead atoms. The maximum absolute atomic E-state index is 13.3. The zero-order valence-electron chi connectivity index (χ0n) is 16.5. The van der Waals surface area contributed by atoms with Crippen LogP contribution < -0.4 is 9.62 Å². The monoisotopic (exact) mass is 436 g/mol. The first-order chi connectivity index (χ1) is 14.0. The third-order valence-electron chi connectivity index (χ3n) is 4.44. The highest BCUT2D eigenvalue weighted by Gasteiger charge is 2.27. The number of nitrogens with zero attached hydrogens (tertiary/aromatic N) is 1. The molecule has 0 saturated heterocycles. The van der Waals surface area contributed by atoms with Gasteiger partial charge < -0.3 is 19.9 Å². The molecule has 1 aromatic heterocycles. The number of furan rings is 1. The van der Waals surface area contributed by atoms with E-state index in [9.17, 15) is 27.8 Å². The van der Waals surface area contributed by atoms with Gasteiger partial charge in [0.25, 0.3) is 5.91 Å². The van der Waals surface area contributed by atoms with Crippen molar-refractivity contribution in [3.8, 4) is 17.1 Å². The van der Waals surface area contributed by atoms with Gasteiger partial charge in [-0.2, -0.15) is 0 Å². The van der Waals surface area contributed by atoms with E-state index < -0.39 is 33.6 Å². The Morgan fingerprint density at radius 2 is 1.90 bits per heavy atom. The number of phenols is 1. The number of carbonyl (C=O) groups excluding carboxylic acids is 1. The van der Waals surface area contributed by atoms with E-state index in [4.69, 9.17) is 4.42 Å². The number of aliphatic hydroxyl groups excluding tert-OH is 1. The molecule has 0 aliphatic heterocycles. The fourth-order valence-electron chi connectivity index (χ4n) is 3.13. The van der Waals surface area contributed by atoms with Gasteiger partial charge in [-0.1, -0.05) is 0 Å². The summed E-state index contributed by atoms with van der Waals surface area (Å²) in [4.78, 5) is 12.5. The lowest BCUT2D eigenvalue weighted by Crippen LogP contribution is -2.35. The van der Waals surface area contributed by atoms with Crippen LogP contribution in [0.15, 0.2) is 40.8 Å². The Balaban J connectivity index is 2.28. The Labute approximate surface area is 172 Å². The normalized spacial score (nSPS) is 12.7. The Bertz CT molecular complexity index is 1200. The Morgan fingerprint density at radius 1 is 1.27 bits per heavy atom. The molecule has 1 amide bonds. The number of aliphatic hydroxyl groups is 1. The highest BCUT2D eigenvalue weighted by atomic mass is 32.2. The van der Waals surface area contributed by atoms with Crippen LogP contribution in [0, 0.1) is 5.82 Å². The van der Waals surface area contributed by atoms with Crippen molar-refractivity contribution in [2.75, 3.05) is 24.2 Å². The van der Waals surface area contributed by atoms with Gasteiger partial charge in [0.2, 0.25) is 10.0 Å². The Kier molecular flexibility index (Phi) is 5.73. The van der Waals surface area contributed by atoms with E-state index in [0.29, 0.717) is 5.56 Å². The molecule has 30 heavy (non-hydrogen) atoms. The van der Waals surface area contributed by atoms with Crippen LogP contribution in [0.1, 0.15) is 17.3 Å². The molecule has 0 aliphatic carbocycles. The van der Waals surface area contributed by atoms with Crippen LogP contribution in [0.2, 0.25) is 0 Å². The van der Waals surface area contributed by atoms with Crippen LogP contribution >= 0.6 is 0 Å². The maximum atomic E-state index is 13.3. The van der Waals surface area contributed by atoms with Gasteiger partial charge in [-0.15, -0.1) is 0 Å². The average Bonchev–Trinajstić information content (AvgIpc) is 3.02. The largest absolute Gasteiger partial charge is 0.506 e. The number of sulfonamides is 1. The lowest BCUT2D eigenvalue weighted by Gasteiger charge is -2.24. The quantitative estimate of drug-likeness (QED) is 0.546. The first-order valence-corrected chi connectivity index (χ1v) is 10.8. The lowest BCUT2D eigenvalue weighted by molar-refractivity contribution is 0.0964. The third kappa shape index (κ3) is 4.10. The number of hydrogen-bond donors (Lipinski definition) is 3. The average molecular weight is 436 g/mol. The van der Waals surface area contributed by atoms with E-state index in [0.717, 1.165) is 10.6 Å². The molecular weight excluding hydrogens is 415 g/mol. The molecule has 1 atom stereocenters. The highest BCUT2D eigenvalue weighted by Crippen LogP contribution is 2.40. The van der Waals surface area contributed by atoms with Gasteiger partial charge in [0.05, 0.1) is 30.2 Å². The molecule has 2 aromatic carbocycles. The van der Waals surface area contributed by atoms with Crippen molar-refractivity contribution in [3.05, 3.63) is 47.8 Å². The van der Waals surface area contributed by atoms with Crippen LogP contribution in [-0.4, -0.2) is 50.5 Å². The first kappa shape index (κ1) is 21.6. The smallest absolute Gasteiger partial charge is 0.255 e. The first-order valence-electron chi connectivity index (χ1n) is 8.96. The standard InChI is InChI=1S/C20H21FN2O6S/c1-11(24)10-23(30(3,27)28)15-9-17-14(8-16(15)25)18(20(26)22-2)19(29-17)12-4-6-13(21)7-5-12/h4-9,11,24-25H,10H2,1-3H3,(H,22,26). The lowest BCUT2D eigenvalue weighted by atomic mass is 10.0. The van der Waals surface area contributed by atoms with E-state index in [-0.39, 0.29) is 34.5 Å². The second-order valence-electron chi connectivity index (χ2n) is 6.87. The van der Waals surface area contributed by atoms with Crippen LogP contribution in [0.25, 0.3) is 22.3 Å². The van der Waals surface area contributed by atoms with Crippen molar-refractivity contribution in [1.29, 1.82) is 0 Å². The van der Waals surface area contributed by atoms with Gasteiger partial charge in [0.1, 0.15) is 22.9 Å². The summed E-state index contributed by atoms with van der Waals surface area (Å²) in [6.45, 7) is 1.13. The molecule has 3 aromatic rings. The number of anilines is 1. The number of fused-ring (bicyclic) bond motifs is 1. The molecule has 8 nitrogen and oxygen atoms in total. The van der Waals surface area contributed by atoms with Crippen LogP contribution in [0.3, 0.4) is 0 Å². The molecule has 0 spiro atoms. The number of aromatic hydroxyl groups is 1. The molecule has 160 valence electrons. The molecule has 0 fully saturated rings. The molecule has 10 heteroatoms. The van der Waals surface area contributed by atoms with E-state index >= 15 is 0 Å². The SMILES string of the molecule is CNC(=O)c1c(-c2ccc(F)cc2)oc2cc(N(CC(C)O)S(C)(=O)=O)c(O)cc12. The molecule has 3 rings (SSSR count). The van der Waals surface area contributed by atoms with E-state index in [1.165, 1.54) is 50.4 Å². The van der Waals surface area contributed by atoms with Gasteiger partial charge in [-0.3, -0.25) is 9.10 Å². The summed E-state index contributed by atoms with van der Waals surface area (Å²) in [5.41, 5.74) is 0.576. The topological polar surface area (TPSA) is 120 Å². The third-order valence-corrected chi connectivity index (χ3v) is 5.59. The second kappa shape index (κ2) is 7.96. The fraction of sp³-hybridized carbons (Fsp3) is 0.250. The predicted octanol–water partition coefficient (Wildman–Crippen LogP) is 2.45. The van der Waals surface area contributed by atoms with Crippen LogP contribution in [0.4, 0.5) is 10.1 Å². The Morgan fingerprint density at radius 3 is 2.43 bits per heavy atom. The molecule has 1 heterocycles. The summed E-state index contributed by atoms with van der Waals surface area (Å²) in [7, 11) is -2.41. The minimum atomic E-state index is -3.83. The molecule has 1 unspecified atom stereocenters. The van der Waals surface area contributed by atoms with Crippen LogP contribution in [-0.2, 0) is 10.0 Å². The van der Waals surface area contributed by atoms with Gasteiger partial charge in [-0.05, 0) is 37.3 Å². The van der Waals surface area contributed by atoms with Crippen molar-refractivity contribution >= 4 is 32.6 Å². The number of rotatable bonds is 6. The summed E-state index contributed by atoms with van der Waals surface area (Å²) >= 11 is 0. The van der Waals surface area contributed by atoms with Gasteiger partial charge >= 0.3 is 0 Å². The highest BCUT2D eigenvalue weighted by molar-refractivity contribution is 7.92. The molecule has 0 saturated carbocycles. The summed E-state index contributed by atoms with van der Waals surface area (Å²) in [5.74, 6) is -1.23. The second-order valence-corrected chi connectivity index (χ2v) is 8.78. The molecule has 3 N–H and O–H groups in total. The number of carbonyl (C=O) groups is 1. The minimum absolute atomic E-state index is 0.103. The van der Waals surface area contributed by atoms with Crippen molar-refractivity contribution in [3.63, 3.8) is 0 Å². The number of phenolic OH excluding ortho intramolecular Hbond substituents is 1. The molecule has 0 aliphatic rings. The Hall–Kier alpha value is -3.11. The van der Waals surface area contributed by atoms with E-state index in [2.05, 4.69) is 5.32 Å². The number of hydrogen-bond acceptors (Lipinski definition) is 6.